The zero-order valence-corrected chi connectivity index (χ0v) is 11.3. The van der Waals surface area contributed by atoms with Crippen LogP contribution < -0.4 is 15.5 Å². The molecule has 0 spiro atoms. The lowest BCUT2D eigenvalue weighted by molar-refractivity contribution is 0.574. The first-order chi connectivity index (χ1) is 8.79. The summed E-state index contributed by atoms with van der Waals surface area (Å²) in [6.45, 7) is 5.19. The average molecular weight is 249 g/mol. The molecule has 1 aliphatic heterocycles. The minimum Gasteiger partial charge on any atom is -0.370 e. The molecule has 100 valence electrons. The summed E-state index contributed by atoms with van der Waals surface area (Å²) in [6.07, 6.45) is 5.39. The maximum absolute atomic E-state index is 4.26. The monoisotopic (exact) mass is 249 g/mol. The number of aromatic nitrogens is 2. The molecule has 0 saturated carbocycles. The van der Waals surface area contributed by atoms with Crippen molar-refractivity contribution in [2.24, 2.45) is 0 Å². The molecule has 0 aliphatic carbocycles. The first-order valence-corrected chi connectivity index (χ1v) is 6.80. The molecule has 0 radical (unpaired) electrons. The predicted octanol–water partition coefficient (Wildman–Crippen LogP) is 1.49. The Hall–Kier alpha value is -1.36. The van der Waals surface area contributed by atoms with E-state index >= 15 is 0 Å². The SMILES string of the molecule is CCN(C)c1cc(NCCC2CCCN2)ncn1. The number of anilines is 2. The van der Waals surface area contributed by atoms with Gasteiger partial charge in [0.15, 0.2) is 0 Å². The van der Waals surface area contributed by atoms with E-state index in [1.54, 1.807) is 6.33 Å². The molecule has 1 unspecified atom stereocenters. The molecular formula is C13H23N5. The summed E-state index contributed by atoms with van der Waals surface area (Å²) in [7, 11) is 2.04. The van der Waals surface area contributed by atoms with Crippen molar-refractivity contribution in [1.29, 1.82) is 0 Å². The summed E-state index contributed by atoms with van der Waals surface area (Å²) in [5, 5.41) is 6.87. The molecular weight excluding hydrogens is 226 g/mol. The van der Waals surface area contributed by atoms with Crippen molar-refractivity contribution in [2.75, 3.05) is 36.9 Å². The van der Waals surface area contributed by atoms with Crippen LogP contribution in [0.2, 0.25) is 0 Å². The van der Waals surface area contributed by atoms with Gasteiger partial charge in [-0.05, 0) is 32.7 Å². The largest absolute Gasteiger partial charge is 0.370 e. The van der Waals surface area contributed by atoms with Crippen molar-refractivity contribution < 1.29 is 0 Å². The van der Waals surface area contributed by atoms with E-state index in [0.717, 1.165) is 31.1 Å². The summed E-state index contributed by atoms with van der Waals surface area (Å²) < 4.78 is 0. The third-order valence-corrected chi connectivity index (χ3v) is 3.48. The molecule has 18 heavy (non-hydrogen) atoms. The Morgan fingerprint density at radius 2 is 2.39 bits per heavy atom. The molecule has 1 saturated heterocycles. The molecule has 1 atom stereocenters. The van der Waals surface area contributed by atoms with Crippen LogP contribution in [-0.2, 0) is 0 Å². The second-order valence-corrected chi connectivity index (χ2v) is 4.78. The lowest BCUT2D eigenvalue weighted by Crippen LogP contribution is -2.24. The Kier molecular flexibility index (Phi) is 4.75. The average Bonchev–Trinajstić information content (AvgIpc) is 2.91. The maximum Gasteiger partial charge on any atom is 0.133 e. The Bertz CT molecular complexity index is 362. The Balaban J connectivity index is 1.81. The van der Waals surface area contributed by atoms with E-state index in [-0.39, 0.29) is 0 Å². The van der Waals surface area contributed by atoms with Crippen LogP contribution >= 0.6 is 0 Å². The maximum atomic E-state index is 4.26. The van der Waals surface area contributed by atoms with Crippen LogP contribution in [0.4, 0.5) is 11.6 Å². The second kappa shape index (κ2) is 6.54. The van der Waals surface area contributed by atoms with Crippen molar-refractivity contribution >= 4 is 11.6 Å². The predicted molar refractivity (Wildman–Crippen MR) is 75.1 cm³/mol. The van der Waals surface area contributed by atoms with E-state index in [9.17, 15) is 0 Å². The van der Waals surface area contributed by atoms with E-state index in [4.69, 9.17) is 0 Å². The number of nitrogens with one attached hydrogen (secondary N) is 2. The van der Waals surface area contributed by atoms with Gasteiger partial charge in [0.2, 0.25) is 0 Å². The standard InChI is InChI=1S/C13H23N5/c1-3-18(2)13-9-12(16-10-17-13)15-8-6-11-5-4-7-14-11/h9-11,14H,3-8H2,1-2H3,(H,15,16,17). The topological polar surface area (TPSA) is 53.1 Å². The fourth-order valence-electron chi connectivity index (χ4n) is 2.19. The minimum absolute atomic E-state index is 0.678. The van der Waals surface area contributed by atoms with Gasteiger partial charge in [-0.1, -0.05) is 0 Å². The van der Waals surface area contributed by atoms with Crippen LogP contribution in [-0.4, -0.2) is 42.7 Å². The zero-order valence-electron chi connectivity index (χ0n) is 11.3. The van der Waals surface area contributed by atoms with Crippen LogP contribution in [0.5, 0.6) is 0 Å². The first-order valence-electron chi connectivity index (χ1n) is 6.80. The smallest absolute Gasteiger partial charge is 0.133 e. The van der Waals surface area contributed by atoms with Crippen LogP contribution in [0.25, 0.3) is 0 Å². The lowest BCUT2D eigenvalue weighted by atomic mass is 10.1. The zero-order chi connectivity index (χ0) is 12.8. The molecule has 0 amide bonds. The van der Waals surface area contributed by atoms with E-state index in [1.165, 1.54) is 19.4 Å². The second-order valence-electron chi connectivity index (χ2n) is 4.78. The van der Waals surface area contributed by atoms with Crippen molar-refractivity contribution in [2.45, 2.75) is 32.2 Å². The molecule has 0 bridgehead atoms. The third kappa shape index (κ3) is 3.57. The quantitative estimate of drug-likeness (QED) is 0.800. The van der Waals surface area contributed by atoms with Crippen molar-refractivity contribution in [3.8, 4) is 0 Å². The normalized spacial score (nSPS) is 18.9. The molecule has 5 heteroatoms. The number of rotatable bonds is 6. The number of nitrogens with zero attached hydrogens (tertiary/aromatic N) is 3. The lowest BCUT2D eigenvalue weighted by Gasteiger charge is -2.16. The molecule has 1 aliphatic rings. The minimum atomic E-state index is 0.678. The summed E-state index contributed by atoms with van der Waals surface area (Å²) >= 11 is 0. The Morgan fingerprint density at radius 3 is 3.11 bits per heavy atom. The van der Waals surface area contributed by atoms with Gasteiger partial charge in [-0.25, -0.2) is 9.97 Å². The van der Waals surface area contributed by atoms with E-state index < -0.39 is 0 Å². The van der Waals surface area contributed by atoms with Gasteiger partial charge >= 0.3 is 0 Å². The van der Waals surface area contributed by atoms with E-state index in [0.29, 0.717) is 6.04 Å². The van der Waals surface area contributed by atoms with Crippen molar-refractivity contribution in [1.82, 2.24) is 15.3 Å². The molecule has 1 aromatic rings. The fraction of sp³-hybridized carbons (Fsp3) is 0.692. The van der Waals surface area contributed by atoms with Crippen molar-refractivity contribution in [3.63, 3.8) is 0 Å². The van der Waals surface area contributed by atoms with Gasteiger partial charge in [0.25, 0.3) is 0 Å². The third-order valence-electron chi connectivity index (χ3n) is 3.48. The van der Waals surface area contributed by atoms with Crippen LogP contribution in [0, 0.1) is 0 Å². The summed E-state index contributed by atoms with van der Waals surface area (Å²) in [5.74, 6) is 1.88. The molecule has 0 aromatic carbocycles. The molecule has 1 fully saturated rings. The van der Waals surface area contributed by atoms with Crippen LogP contribution in [0.1, 0.15) is 26.2 Å². The van der Waals surface area contributed by atoms with Crippen LogP contribution in [0.3, 0.4) is 0 Å². The highest BCUT2D eigenvalue weighted by Gasteiger charge is 2.13. The highest BCUT2D eigenvalue weighted by atomic mass is 15.2. The molecule has 2 heterocycles. The van der Waals surface area contributed by atoms with E-state index in [2.05, 4.69) is 32.4 Å². The Labute approximate surface area is 109 Å². The Morgan fingerprint density at radius 1 is 1.50 bits per heavy atom. The molecule has 2 N–H and O–H groups in total. The summed E-state index contributed by atoms with van der Waals surface area (Å²) in [5.41, 5.74) is 0. The van der Waals surface area contributed by atoms with Gasteiger partial charge in [0.1, 0.15) is 18.0 Å². The van der Waals surface area contributed by atoms with Gasteiger partial charge in [0.05, 0.1) is 0 Å². The highest BCUT2D eigenvalue weighted by Crippen LogP contribution is 2.13. The number of hydrogen-bond acceptors (Lipinski definition) is 5. The van der Waals surface area contributed by atoms with Crippen molar-refractivity contribution in [3.05, 3.63) is 12.4 Å². The van der Waals surface area contributed by atoms with Gasteiger partial charge in [-0.3, -0.25) is 0 Å². The van der Waals surface area contributed by atoms with Gasteiger partial charge in [-0.2, -0.15) is 0 Å². The van der Waals surface area contributed by atoms with E-state index in [1.807, 2.05) is 13.1 Å². The first kappa shape index (κ1) is 13.1. The molecule has 5 nitrogen and oxygen atoms in total. The highest BCUT2D eigenvalue weighted by molar-refractivity contribution is 5.47. The van der Waals surface area contributed by atoms with Gasteiger partial charge in [-0.15, -0.1) is 0 Å². The van der Waals surface area contributed by atoms with Gasteiger partial charge in [0, 0.05) is 32.2 Å². The summed E-state index contributed by atoms with van der Waals surface area (Å²) in [4.78, 5) is 10.6. The van der Waals surface area contributed by atoms with Gasteiger partial charge < -0.3 is 15.5 Å². The summed E-state index contributed by atoms with van der Waals surface area (Å²) in [6, 6.07) is 2.68. The molecule has 1 aromatic heterocycles. The number of hydrogen-bond donors (Lipinski definition) is 2. The fourth-order valence-corrected chi connectivity index (χ4v) is 2.19. The van der Waals surface area contributed by atoms with Crippen LogP contribution in [0.15, 0.2) is 12.4 Å². The molecule has 2 rings (SSSR count).